The van der Waals surface area contributed by atoms with Crippen LogP contribution >= 0.6 is 0 Å². The van der Waals surface area contributed by atoms with E-state index < -0.39 is 6.09 Å². The Morgan fingerprint density at radius 3 is 2.30 bits per heavy atom. The summed E-state index contributed by atoms with van der Waals surface area (Å²) in [5.74, 6) is 0.849. The topological polar surface area (TPSA) is 96.9 Å². The van der Waals surface area contributed by atoms with Gasteiger partial charge in [0.2, 0.25) is 5.91 Å². The van der Waals surface area contributed by atoms with Gasteiger partial charge in [0, 0.05) is 36.8 Å². The van der Waals surface area contributed by atoms with Crippen LogP contribution in [-0.4, -0.2) is 49.5 Å². The standard InChI is InChI=1S/C25H33FN2O5/c26-15-18(16-27-23(30)31)17-33-21-3-1-19(2-4-21)24-7-10-25(11-8-24,12-9-24)22(29)28-20-5-13-32-14-6-20/h1-4,15,20,27H,5-14,16-17H2,(H,28,29)(H,30,31). The lowest BCUT2D eigenvalue weighted by Crippen LogP contribution is -2.54. The number of carboxylic acid groups (broad SMARTS) is 1. The Morgan fingerprint density at radius 2 is 1.73 bits per heavy atom. The number of nitrogens with one attached hydrogen (secondary N) is 2. The van der Waals surface area contributed by atoms with Gasteiger partial charge in [0.05, 0.1) is 6.33 Å². The molecule has 1 aromatic carbocycles. The minimum atomic E-state index is -1.21. The maximum Gasteiger partial charge on any atom is 0.404 e. The summed E-state index contributed by atoms with van der Waals surface area (Å²) in [4.78, 5) is 23.7. The summed E-state index contributed by atoms with van der Waals surface area (Å²) in [5, 5.41) is 14.1. The number of carbonyl (C=O) groups is 2. The Bertz CT molecular complexity index is 855. The van der Waals surface area contributed by atoms with Gasteiger partial charge >= 0.3 is 6.09 Å². The van der Waals surface area contributed by atoms with E-state index in [1.54, 1.807) is 0 Å². The van der Waals surface area contributed by atoms with Gasteiger partial charge < -0.3 is 25.2 Å². The fraction of sp³-hybridized carbons (Fsp3) is 0.600. The molecule has 33 heavy (non-hydrogen) atoms. The van der Waals surface area contributed by atoms with Crippen molar-refractivity contribution in [3.8, 4) is 5.75 Å². The molecule has 7 nitrogen and oxygen atoms in total. The van der Waals surface area contributed by atoms with Gasteiger partial charge in [0.1, 0.15) is 12.4 Å². The van der Waals surface area contributed by atoms with E-state index in [0.717, 1.165) is 64.6 Å². The van der Waals surface area contributed by atoms with Crippen molar-refractivity contribution in [1.29, 1.82) is 0 Å². The van der Waals surface area contributed by atoms with Crippen LogP contribution in [0, 0.1) is 5.41 Å². The van der Waals surface area contributed by atoms with Crippen molar-refractivity contribution in [1.82, 2.24) is 10.6 Å². The monoisotopic (exact) mass is 460 g/mol. The second-order valence-electron chi connectivity index (χ2n) is 9.66. The number of hydrogen-bond donors (Lipinski definition) is 3. The van der Waals surface area contributed by atoms with Gasteiger partial charge in [-0.3, -0.25) is 4.79 Å². The predicted molar refractivity (Wildman–Crippen MR) is 121 cm³/mol. The van der Waals surface area contributed by atoms with Crippen LogP contribution in [0.3, 0.4) is 0 Å². The first-order valence-electron chi connectivity index (χ1n) is 11.8. The largest absolute Gasteiger partial charge is 0.489 e. The quantitative estimate of drug-likeness (QED) is 0.543. The zero-order valence-electron chi connectivity index (χ0n) is 18.9. The van der Waals surface area contributed by atoms with E-state index >= 15 is 0 Å². The number of carbonyl (C=O) groups excluding carboxylic acids is 1. The molecule has 1 heterocycles. The van der Waals surface area contributed by atoms with Crippen molar-refractivity contribution in [2.75, 3.05) is 26.4 Å². The molecule has 0 aromatic heterocycles. The molecular formula is C25H33FN2O5. The lowest BCUT2D eigenvalue weighted by atomic mass is 9.51. The van der Waals surface area contributed by atoms with Crippen LogP contribution < -0.4 is 15.4 Å². The number of halogens is 1. The molecule has 1 saturated heterocycles. The molecule has 0 unspecified atom stereocenters. The maximum absolute atomic E-state index is 13.1. The number of fused-ring (bicyclic) bond motifs is 3. The van der Waals surface area contributed by atoms with Gasteiger partial charge in [0.15, 0.2) is 0 Å². The van der Waals surface area contributed by atoms with Crippen LogP contribution in [0.4, 0.5) is 9.18 Å². The van der Waals surface area contributed by atoms with Gasteiger partial charge in [-0.25, -0.2) is 9.18 Å². The fourth-order valence-corrected chi connectivity index (χ4v) is 5.53. The van der Waals surface area contributed by atoms with Gasteiger partial charge in [-0.2, -0.15) is 0 Å². The Hall–Kier alpha value is -2.61. The Balaban J connectivity index is 1.31. The highest BCUT2D eigenvalue weighted by Gasteiger charge is 2.53. The molecule has 4 fully saturated rings. The number of hydrogen-bond acceptors (Lipinski definition) is 4. The summed E-state index contributed by atoms with van der Waals surface area (Å²) < 4.78 is 24.0. The SMILES string of the molecule is O=C(O)NCC(=CF)COc1ccc(C23CCC(C(=O)NC4CCOCC4)(CC2)CC3)cc1. The lowest BCUT2D eigenvalue weighted by molar-refractivity contribution is -0.139. The van der Waals surface area contributed by atoms with Crippen molar-refractivity contribution in [2.24, 2.45) is 5.41 Å². The van der Waals surface area contributed by atoms with E-state index in [2.05, 4.69) is 22.8 Å². The Morgan fingerprint density at radius 1 is 1.09 bits per heavy atom. The van der Waals surface area contributed by atoms with Gasteiger partial charge in [-0.1, -0.05) is 12.1 Å². The highest BCUT2D eigenvalue weighted by atomic mass is 19.1. The molecular weight excluding hydrogens is 427 g/mol. The van der Waals surface area contributed by atoms with E-state index in [9.17, 15) is 14.0 Å². The molecule has 0 radical (unpaired) electrons. The van der Waals surface area contributed by atoms with E-state index in [1.165, 1.54) is 5.56 Å². The molecule has 180 valence electrons. The summed E-state index contributed by atoms with van der Waals surface area (Å²) in [7, 11) is 0. The van der Waals surface area contributed by atoms with Crippen LogP contribution in [-0.2, 0) is 14.9 Å². The zero-order valence-corrected chi connectivity index (χ0v) is 18.9. The Kier molecular flexibility index (Phi) is 7.22. The van der Waals surface area contributed by atoms with E-state index in [1.807, 2.05) is 12.1 Å². The molecule has 3 saturated carbocycles. The summed E-state index contributed by atoms with van der Waals surface area (Å²) in [6.45, 7) is 1.32. The van der Waals surface area contributed by atoms with Crippen molar-refractivity contribution in [2.45, 2.75) is 62.8 Å². The number of rotatable bonds is 8. The third-order valence-corrected chi connectivity index (χ3v) is 7.80. The van der Waals surface area contributed by atoms with E-state index in [0.29, 0.717) is 12.1 Å². The zero-order chi connectivity index (χ0) is 23.3. The summed E-state index contributed by atoms with van der Waals surface area (Å²) in [6, 6.07) is 8.17. The molecule has 1 aliphatic heterocycles. The highest BCUT2D eigenvalue weighted by molar-refractivity contribution is 5.83. The highest BCUT2D eigenvalue weighted by Crippen LogP contribution is 2.58. The van der Waals surface area contributed by atoms with Gasteiger partial charge in [-0.15, -0.1) is 0 Å². The van der Waals surface area contributed by atoms with Crippen molar-refractivity contribution >= 4 is 12.0 Å². The minimum Gasteiger partial charge on any atom is -0.489 e. The molecule has 2 bridgehead atoms. The van der Waals surface area contributed by atoms with Crippen LogP contribution in [0.25, 0.3) is 0 Å². The molecule has 8 heteroatoms. The van der Waals surface area contributed by atoms with Crippen LogP contribution in [0.15, 0.2) is 36.2 Å². The minimum absolute atomic E-state index is 0.0218. The van der Waals surface area contributed by atoms with E-state index in [4.69, 9.17) is 14.6 Å². The first kappa shape index (κ1) is 23.5. The molecule has 3 N–H and O–H groups in total. The summed E-state index contributed by atoms with van der Waals surface area (Å²) >= 11 is 0. The first-order valence-corrected chi connectivity index (χ1v) is 11.8. The molecule has 0 spiro atoms. The molecule has 5 rings (SSSR count). The van der Waals surface area contributed by atoms with Gasteiger partial charge in [-0.05, 0) is 74.5 Å². The summed E-state index contributed by atoms with van der Waals surface area (Å²) in [6.07, 6.45) is 6.74. The maximum atomic E-state index is 13.1. The number of ether oxygens (including phenoxy) is 2. The second kappa shape index (κ2) is 10.1. The average molecular weight is 461 g/mol. The van der Waals surface area contributed by atoms with Crippen LogP contribution in [0.1, 0.15) is 56.9 Å². The average Bonchev–Trinajstić information content (AvgIpc) is 2.86. The summed E-state index contributed by atoms with van der Waals surface area (Å²) in [5.41, 5.74) is 1.37. The van der Waals surface area contributed by atoms with Crippen LogP contribution in [0.5, 0.6) is 5.75 Å². The van der Waals surface area contributed by atoms with E-state index in [-0.39, 0.29) is 41.5 Å². The van der Waals surface area contributed by atoms with Crippen LogP contribution in [0.2, 0.25) is 0 Å². The molecule has 1 aromatic rings. The smallest absolute Gasteiger partial charge is 0.404 e. The number of benzene rings is 1. The fourth-order valence-electron chi connectivity index (χ4n) is 5.53. The molecule has 0 atom stereocenters. The predicted octanol–water partition coefficient (Wildman–Crippen LogP) is 4.07. The lowest BCUT2D eigenvalue weighted by Gasteiger charge is -2.53. The second-order valence-corrected chi connectivity index (χ2v) is 9.66. The van der Waals surface area contributed by atoms with Crippen molar-refractivity contribution in [3.63, 3.8) is 0 Å². The number of amides is 2. The molecule has 2 amide bonds. The van der Waals surface area contributed by atoms with Crippen molar-refractivity contribution in [3.05, 3.63) is 41.7 Å². The van der Waals surface area contributed by atoms with Crippen molar-refractivity contribution < 1.29 is 28.6 Å². The Labute approximate surface area is 193 Å². The first-order chi connectivity index (χ1) is 15.9. The third kappa shape index (κ3) is 5.32. The molecule has 4 aliphatic rings. The van der Waals surface area contributed by atoms with Gasteiger partial charge in [0.25, 0.3) is 0 Å². The molecule has 3 aliphatic carbocycles. The third-order valence-electron chi connectivity index (χ3n) is 7.80. The normalized spacial score (nSPS) is 27.7.